The topological polar surface area (TPSA) is 35.2 Å². The standard InChI is InChI=1S/C12H20ClNOS/c1-2-3-4-5-8-15-10(9-14)11-6-7-12(13)16-11/h6-7,10H,2-5,8-9,14H2,1H3. The van der Waals surface area contributed by atoms with Gasteiger partial charge in [-0.05, 0) is 18.6 Å². The van der Waals surface area contributed by atoms with Gasteiger partial charge in [-0.3, -0.25) is 0 Å². The zero-order chi connectivity index (χ0) is 11.8. The number of hydrogen-bond acceptors (Lipinski definition) is 3. The van der Waals surface area contributed by atoms with Crippen LogP contribution in [0.25, 0.3) is 0 Å². The van der Waals surface area contributed by atoms with Gasteiger partial charge in [0, 0.05) is 18.0 Å². The predicted molar refractivity (Wildman–Crippen MR) is 71.2 cm³/mol. The molecule has 4 heteroatoms. The van der Waals surface area contributed by atoms with Crippen LogP contribution in [0, 0.1) is 0 Å². The number of hydrogen-bond donors (Lipinski definition) is 1. The van der Waals surface area contributed by atoms with Crippen LogP contribution < -0.4 is 5.73 Å². The van der Waals surface area contributed by atoms with Gasteiger partial charge in [-0.15, -0.1) is 11.3 Å². The summed E-state index contributed by atoms with van der Waals surface area (Å²) in [5.74, 6) is 0. The number of nitrogens with two attached hydrogens (primary N) is 1. The van der Waals surface area contributed by atoms with E-state index in [1.54, 1.807) is 11.3 Å². The maximum atomic E-state index is 5.89. The average Bonchev–Trinajstić information content (AvgIpc) is 2.70. The van der Waals surface area contributed by atoms with Gasteiger partial charge in [-0.2, -0.15) is 0 Å². The maximum Gasteiger partial charge on any atom is 0.104 e. The van der Waals surface area contributed by atoms with E-state index in [1.165, 1.54) is 19.3 Å². The van der Waals surface area contributed by atoms with Crippen LogP contribution in [0.4, 0.5) is 0 Å². The van der Waals surface area contributed by atoms with Crippen molar-refractivity contribution in [2.75, 3.05) is 13.2 Å². The molecule has 0 aromatic carbocycles. The molecule has 92 valence electrons. The number of ether oxygens (including phenoxy) is 1. The molecule has 0 fully saturated rings. The van der Waals surface area contributed by atoms with E-state index in [1.807, 2.05) is 12.1 Å². The first kappa shape index (κ1) is 14.0. The predicted octanol–water partition coefficient (Wildman–Crippen LogP) is 4.00. The van der Waals surface area contributed by atoms with E-state index >= 15 is 0 Å². The van der Waals surface area contributed by atoms with Gasteiger partial charge >= 0.3 is 0 Å². The van der Waals surface area contributed by atoms with Crippen LogP contribution in [-0.2, 0) is 4.74 Å². The second kappa shape index (κ2) is 8.07. The van der Waals surface area contributed by atoms with Gasteiger partial charge in [0.15, 0.2) is 0 Å². The third-order valence-corrected chi connectivity index (χ3v) is 3.77. The molecule has 1 rings (SSSR count). The summed E-state index contributed by atoms with van der Waals surface area (Å²) in [5, 5.41) is 0. The van der Waals surface area contributed by atoms with E-state index in [9.17, 15) is 0 Å². The molecule has 2 N–H and O–H groups in total. The Morgan fingerprint density at radius 1 is 1.38 bits per heavy atom. The largest absolute Gasteiger partial charge is 0.371 e. The molecule has 1 heterocycles. The summed E-state index contributed by atoms with van der Waals surface area (Å²) in [7, 11) is 0. The third kappa shape index (κ3) is 4.83. The van der Waals surface area contributed by atoms with Crippen molar-refractivity contribution < 1.29 is 4.74 Å². The molecular formula is C12H20ClNOS. The number of halogens is 1. The van der Waals surface area contributed by atoms with E-state index in [-0.39, 0.29) is 6.10 Å². The summed E-state index contributed by atoms with van der Waals surface area (Å²) in [6.07, 6.45) is 4.89. The molecule has 16 heavy (non-hydrogen) atoms. The molecule has 0 saturated heterocycles. The lowest BCUT2D eigenvalue weighted by Gasteiger charge is -2.14. The summed E-state index contributed by atoms with van der Waals surface area (Å²) >= 11 is 7.44. The zero-order valence-electron chi connectivity index (χ0n) is 9.75. The number of thiophene rings is 1. The SMILES string of the molecule is CCCCCCOC(CN)c1ccc(Cl)s1. The van der Waals surface area contributed by atoms with E-state index in [4.69, 9.17) is 22.1 Å². The minimum absolute atomic E-state index is 0.0131. The van der Waals surface area contributed by atoms with Crippen LogP contribution in [0.15, 0.2) is 12.1 Å². The second-order valence-corrected chi connectivity index (χ2v) is 5.54. The van der Waals surface area contributed by atoms with E-state index < -0.39 is 0 Å². The molecule has 0 amide bonds. The van der Waals surface area contributed by atoms with Crippen LogP contribution in [0.1, 0.15) is 43.6 Å². The van der Waals surface area contributed by atoms with Crippen LogP contribution in [0.5, 0.6) is 0 Å². The number of rotatable bonds is 8. The molecule has 0 radical (unpaired) electrons. The van der Waals surface area contributed by atoms with Crippen LogP contribution in [-0.4, -0.2) is 13.2 Å². The van der Waals surface area contributed by atoms with Crippen LogP contribution >= 0.6 is 22.9 Å². The molecule has 1 aromatic heterocycles. The van der Waals surface area contributed by atoms with Gasteiger partial charge in [-0.1, -0.05) is 37.8 Å². The first-order valence-electron chi connectivity index (χ1n) is 5.84. The highest BCUT2D eigenvalue weighted by atomic mass is 35.5. The lowest BCUT2D eigenvalue weighted by atomic mass is 10.2. The van der Waals surface area contributed by atoms with Crippen molar-refractivity contribution in [3.8, 4) is 0 Å². The van der Waals surface area contributed by atoms with Crippen molar-refractivity contribution in [1.82, 2.24) is 0 Å². The highest BCUT2D eigenvalue weighted by Crippen LogP contribution is 2.28. The summed E-state index contributed by atoms with van der Waals surface area (Å²) in [4.78, 5) is 1.13. The quantitative estimate of drug-likeness (QED) is 0.718. The Balaban J connectivity index is 2.27. The zero-order valence-corrected chi connectivity index (χ0v) is 11.3. The Kier molecular flexibility index (Phi) is 7.05. The third-order valence-electron chi connectivity index (χ3n) is 2.44. The van der Waals surface area contributed by atoms with Gasteiger partial charge in [0.25, 0.3) is 0 Å². The summed E-state index contributed by atoms with van der Waals surface area (Å²) in [5.41, 5.74) is 5.69. The number of unbranched alkanes of at least 4 members (excludes halogenated alkanes) is 3. The average molecular weight is 262 g/mol. The van der Waals surface area contributed by atoms with Crippen LogP contribution in [0.2, 0.25) is 4.34 Å². The fourth-order valence-electron chi connectivity index (χ4n) is 1.52. The van der Waals surface area contributed by atoms with E-state index in [2.05, 4.69) is 6.92 Å². The summed E-state index contributed by atoms with van der Waals surface area (Å²) in [6.45, 7) is 3.51. The van der Waals surface area contributed by atoms with Gasteiger partial charge in [-0.25, -0.2) is 0 Å². The Bertz CT molecular complexity index is 290. The first-order valence-corrected chi connectivity index (χ1v) is 7.04. The van der Waals surface area contributed by atoms with Crippen molar-refractivity contribution in [1.29, 1.82) is 0 Å². The minimum Gasteiger partial charge on any atom is -0.371 e. The Morgan fingerprint density at radius 2 is 2.19 bits per heavy atom. The van der Waals surface area contributed by atoms with Crippen molar-refractivity contribution in [2.24, 2.45) is 5.73 Å². The molecule has 1 atom stereocenters. The molecule has 2 nitrogen and oxygen atoms in total. The van der Waals surface area contributed by atoms with Gasteiger partial charge < -0.3 is 10.5 Å². The first-order chi connectivity index (χ1) is 7.77. The summed E-state index contributed by atoms with van der Waals surface area (Å²) in [6, 6.07) is 3.89. The fourth-order valence-corrected chi connectivity index (χ4v) is 2.65. The highest BCUT2D eigenvalue weighted by molar-refractivity contribution is 7.16. The molecule has 0 aliphatic rings. The van der Waals surface area contributed by atoms with Gasteiger partial charge in [0.1, 0.15) is 6.10 Å². The summed E-state index contributed by atoms with van der Waals surface area (Å²) < 4.78 is 6.56. The molecule has 0 aliphatic carbocycles. The molecule has 0 bridgehead atoms. The smallest absolute Gasteiger partial charge is 0.104 e. The molecule has 0 saturated carbocycles. The van der Waals surface area contributed by atoms with Crippen molar-refractivity contribution in [3.05, 3.63) is 21.3 Å². The van der Waals surface area contributed by atoms with Crippen molar-refractivity contribution in [2.45, 2.75) is 38.7 Å². The van der Waals surface area contributed by atoms with Crippen LogP contribution in [0.3, 0.4) is 0 Å². The Labute approximate surface area is 107 Å². The molecule has 0 spiro atoms. The van der Waals surface area contributed by atoms with Crippen molar-refractivity contribution >= 4 is 22.9 Å². The highest BCUT2D eigenvalue weighted by Gasteiger charge is 2.12. The minimum atomic E-state index is 0.0131. The normalized spacial score (nSPS) is 12.9. The molecule has 1 unspecified atom stereocenters. The van der Waals surface area contributed by atoms with E-state index in [0.29, 0.717) is 6.54 Å². The monoisotopic (exact) mass is 261 g/mol. The second-order valence-electron chi connectivity index (χ2n) is 3.80. The lowest BCUT2D eigenvalue weighted by Crippen LogP contribution is -2.15. The molecule has 1 aromatic rings. The molecule has 0 aliphatic heterocycles. The lowest BCUT2D eigenvalue weighted by molar-refractivity contribution is 0.0582. The van der Waals surface area contributed by atoms with E-state index in [0.717, 1.165) is 22.2 Å². The molecular weight excluding hydrogens is 242 g/mol. The maximum absolute atomic E-state index is 5.89. The Morgan fingerprint density at radius 3 is 2.75 bits per heavy atom. The fraction of sp³-hybridized carbons (Fsp3) is 0.667. The van der Waals surface area contributed by atoms with Crippen molar-refractivity contribution in [3.63, 3.8) is 0 Å². The van der Waals surface area contributed by atoms with Gasteiger partial charge in [0.05, 0.1) is 4.34 Å². The van der Waals surface area contributed by atoms with Gasteiger partial charge in [0.2, 0.25) is 0 Å². The Hall–Kier alpha value is -0.0900.